The summed E-state index contributed by atoms with van der Waals surface area (Å²) < 4.78 is 0. The summed E-state index contributed by atoms with van der Waals surface area (Å²) in [4.78, 5) is 16.6. The Balaban J connectivity index is 1.34. The van der Waals surface area contributed by atoms with Gasteiger partial charge in [0, 0.05) is 29.4 Å². The number of hydrogen-bond donors (Lipinski definition) is 4. The van der Waals surface area contributed by atoms with Gasteiger partial charge in [-0.05, 0) is 44.4 Å². The molecule has 5 rings (SSSR count). The quantitative estimate of drug-likeness (QED) is 0.403. The first-order valence-corrected chi connectivity index (χ1v) is 9.51. The number of aryl methyl sites for hydroxylation is 1. The Morgan fingerprint density at radius 2 is 2.00 bits per heavy atom. The highest BCUT2D eigenvalue weighted by Gasteiger charge is 2.25. The van der Waals surface area contributed by atoms with Gasteiger partial charge in [-0.1, -0.05) is 6.07 Å². The van der Waals surface area contributed by atoms with E-state index in [1.165, 1.54) is 18.5 Å². The van der Waals surface area contributed by atoms with Crippen LogP contribution in [0, 0.1) is 6.92 Å². The zero-order chi connectivity index (χ0) is 19.1. The lowest BCUT2D eigenvalue weighted by molar-refractivity contribution is 0.859. The minimum atomic E-state index is 0.0441. The number of rotatable bonds is 6. The van der Waals surface area contributed by atoms with Crippen LogP contribution in [0.5, 0.6) is 0 Å². The number of hydrogen-bond acceptors (Lipinski definition) is 6. The van der Waals surface area contributed by atoms with Gasteiger partial charge in [-0.2, -0.15) is 10.1 Å². The molecule has 3 heterocycles. The number of H-pyrrole nitrogens is 2. The topological polar surface area (TPSA) is 107 Å². The second-order valence-corrected chi connectivity index (χ2v) is 7.37. The van der Waals surface area contributed by atoms with E-state index in [2.05, 4.69) is 65.9 Å². The summed E-state index contributed by atoms with van der Waals surface area (Å²) in [6.45, 7) is 4.04. The number of fused-ring (bicyclic) bond motifs is 1. The predicted molar refractivity (Wildman–Crippen MR) is 109 cm³/mol. The van der Waals surface area contributed by atoms with E-state index in [1.807, 2.05) is 19.1 Å². The van der Waals surface area contributed by atoms with E-state index >= 15 is 0 Å². The largest absolute Gasteiger partial charge is 0.348 e. The molecular weight excluding hydrogens is 352 g/mol. The van der Waals surface area contributed by atoms with Crippen molar-refractivity contribution in [2.24, 2.45) is 0 Å². The molecule has 4 N–H and O–H groups in total. The average Bonchev–Trinajstić information content (AvgIpc) is 3.23. The molecule has 1 aliphatic rings. The summed E-state index contributed by atoms with van der Waals surface area (Å²) >= 11 is 0. The maximum atomic E-state index is 4.61. The fourth-order valence-corrected chi connectivity index (χ4v) is 3.33. The van der Waals surface area contributed by atoms with Crippen LogP contribution < -0.4 is 10.6 Å². The Bertz CT molecular complexity index is 1120. The monoisotopic (exact) mass is 374 g/mol. The molecule has 0 amide bonds. The van der Waals surface area contributed by atoms with Crippen LogP contribution in [-0.2, 0) is 0 Å². The van der Waals surface area contributed by atoms with Crippen molar-refractivity contribution >= 4 is 28.6 Å². The van der Waals surface area contributed by atoms with E-state index in [0.29, 0.717) is 11.9 Å². The lowest BCUT2D eigenvalue weighted by Gasteiger charge is -2.15. The van der Waals surface area contributed by atoms with Crippen LogP contribution in [0.25, 0.3) is 11.0 Å². The number of nitrogens with zero attached hydrogens (tertiary/aromatic N) is 4. The summed E-state index contributed by atoms with van der Waals surface area (Å²) in [5.41, 5.74) is 5.17. The van der Waals surface area contributed by atoms with Crippen molar-refractivity contribution in [3.05, 3.63) is 53.6 Å². The highest BCUT2D eigenvalue weighted by atomic mass is 15.2. The normalized spacial score (nSPS) is 14.9. The Morgan fingerprint density at radius 3 is 2.86 bits per heavy atom. The third kappa shape index (κ3) is 3.40. The molecule has 0 radical (unpaired) electrons. The number of imidazole rings is 1. The van der Waals surface area contributed by atoms with Crippen LogP contribution in [0.4, 0.5) is 17.6 Å². The number of aromatic amines is 2. The van der Waals surface area contributed by atoms with E-state index in [9.17, 15) is 0 Å². The molecule has 1 fully saturated rings. The molecule has 0 unspecified atom stereocenters. The molecule has 1 aromatic carbocycles. The van der Waals surface area contributed by atoms with E-state index in [-0.39, 0.29) is 6.04 Å². The van der Waals surface area contributed by atoms with Crippen molar-refractivity contribution in [3.8, 4) is 0 Å². The lowest BCUT2D eigenvalue weighted by atomic mass is 10.1. The van der Waals surface area contributed by atoms with Gasteiger partial charge in [0.25, 0.3) is 0 Å². The molecule has 142 valence electrons. The summed E-state index contributed by atoms with van der Waals surface area (Å²) in [7, 11) is 0. The van der Waals surface area contributed by atoms with Gasteiger partial charge in [-0.15, -0.1) is 0 Å². The van der Waals surface area contributed by atoms with E-state index in [4.69, 9.17) is 0 Å². The Morgan fingerprint density at radius 1 is 1.11 bits per heavy atom. The third-order valence-electron chi connectivity index (χ3n) is 5.02. The molecular formula is C20H22N8. The van der Waals surface area contributed by atoms with Crippen molar-refractivity contribution in [2.45, 2.75) is 38.6 Å². The van der Waals surface area contributed by atoms with Crippen LogP contribution in [0.1, 0.15) is 48.7 Å². The number of anilines is 3. The number of nitrogens with one attached hydrogen (secondary N) is 4. The summed E-state index contributed by atoms with van der Waals surface area (Å²) in [5, 5.41) is 14.1. The highest BCUT2D eigenvalue weighted by molar-refractivity contribution is 5.75. The van der Waals surface area contributed by atoms with Crippen LogP contribution in [-0.4, -0.2) is 30.1 Å². The molecule has 0 bridgehead atoms. The van der Waals surface area contributed by atoms with E-state index < -0.39 is 0 Å². The van der Waals surface area contributed by atoms with E-state index in [1.54, 1.807) is 6.33 Å². The van der Waals surface area contributed by atoms with E-state index in [0.717, 1.165) is 33.9 Å². The van der Waals surface area contributed by atoms with Crippen molar-refractivity contribution in [1.82, 2.24) is 30.1 Å². The Hall–Kier alpha value is -3.42. The molecule has 8 nitrogen and oxygen atoms in total. The fraction of sp³-hybridized carbons (Fsp3) is 0.300. The molecule has 3 aromatic heterocycles. The molecule has 0 aliphatic heterocycles. The van der Waals surface area contributed by atoms with Crippen molar-refractivity contribution in [2.75, 3.05) is 10.6 Å². The van der Waals surface area contributed by atoms with Gasteiger partial charge in [0.1, 0.15) is 5.82 Å². The Labute approximate surface area is 162 Å². The lowest BCUT2D eigenvalue weighted by Crippen LogP contribution is -2.11. The minimum absolute atomic E-state index is 0.0441. The molecule has 0 saturated heterocycles. The first-order valence-electron chi connectivity index (χ1n) is 9.51. The maximum absolute atomic E-state index is 4.61. The summed E-state index contributed by atoms with van der Waals surface area (Å²) in [5.74, 6) is 2.72. The van der Waals surface area contributed by atoms with Crippen LogP contribution in [0.3, 0.4) is 0 Å². The molecule has 0 spiro atoms. The molecule has 28 heavy (non-hydrogen) atoms. The molecule has 8 heteroatoms. The van der Waals surface area contributed by atoms with Crippen molar-refractivity contribution < 1.29 is 0 Å². The second-order valence-electron chi connectivity index (χ2n) is 7.37. The SMILES string of the molecule is Cc1cc(Nc2cc(C3CC3)[nH]n2)nc(N[C@@H](C)c2ccc3[nH]cnc3c2)n1. The molecule has 1 aliphatic carbocycles. The predicted octanol–water partition coefficient (Wildman–Crippen LogP) is 4.18. The minimum Gasteiger partial charge on any atom is -0.348 e. The number of benzene rings is 1. The van der Waals surface area contributed by atoms with Crippen molar-refractivity contribution in [3.63, 3.8) is 0 Å². The van der Waals surface area contributed by atoms with Crippen LogP contribution in [0.2, 0.25) is 0 Å². The first-order chi connectivity index (χ1) is 13.6. The van der Waals surface area contributed by atoms with Gasteiger partial charge in [-0.3, -0.25) is 5.10 Å². The van der Waals surface area contributed by atoms with Crippen LogP contribution >= 0.6 is 0 Å². The molecule has 1 saturated carbocycles. The zero-order valence-corrected chi connectivity index (χ0v) is 15.8. The molecule has 4 aromatic rings. The number of aromatic nitrogens is 6. The van der Waals surface area contributed by atoms with Gasteiger partial charge in [0.2, 0.25) is 5.95 Å². The van der Waals surface area contributed by atoms with Gasteiger partial charge in [0.15, 0.2) is 5.82 Å². The van der Waals surface area contributed by atoms with Gasteiger partial charge in [0.05, 0.1) is 23.4 Å². The Kier molecular flexibility index (Phi) is 3.96. The zero-order valence-electron chi connectivity index (χ0n) is 15.8. The average molecular weight is 374 g/mol. The molecule has 1 atom stereocenters. The van der Waals surface area contributed by atoms with Crippen molar-refractivity contribution in [1.29, 1.82) is 0 Å². The van der Waals surface area contributed by atoms with Gasteiger partial charge in [-0.25, -0.2) is 9.97 Å². The maximum Gasteiger partial charge on any atom is 0.225 e. The third-order valence-corrected chi connectivity index (χ3v) is 5.02. The highest BCUT2D eigenvalue weighted by Crippen LogP contribution is 2.39. The fourth-order valence-electron chi connectivity index (χ4n) is 3.33. The smallest absolute Gasteiger partial charge is 0.225 e. The van der Waals surface area contributed by atoms with Gasteiger partial charge < -0.3 is 15.6 Å². The summed E-state index contributed by atoms with van der Waals surface area (Å²) in [6.07, 6.45) is 4.19. The summed E-state index contributed by atoms with van der Waals surface area (Å²) in [6, 6.07) is 10.2. The van der Waals surface area contributed by atoms with Crippen LogP contribution in [0.15, 0.2) is 36.7 Å². The van der Waals surface area contributed by atoms with Gasteiger partial charge >= 0.3 is 0 Å². The standard InChI is InChI=1S/C20H22N8/c1-11-7-18(25-19-9-16(27-28-19)13-3-4-13)26-20(23-11)24-12(2)14-5-6-15-17(8-14)22-10-21-15/h5-10,12-13H,3-4H2,1-2H3,(H,21,22)(H3,23,24,25,26,27,28)/t12-/m0/s1. The first kappa shape index (κ1) is 16.7. The second kappa shape index (κ2) is 6.63.